The standard InChI is InChI=1S/C21H18FN5O/c1-13-3-5-15(27-8-2-7-23-27)9-16(13)14-4-6-20-24-19(12-26(20)11-14)25-21(28)17-10-18(17)22/h2-9,11-12,17-18H,10H2,1H3,(H,25,28)/t17-,18+/m1/s1. The molecule has 1 aliphatic rings. The van der Waals surface area contributed by atoms with Gasteiger partial charge in [-0.05, 0) is 60.4 Å². The number of benzene rings is 1. The van der Waals surface area contributed by atoms with Crippen LogP contribution in [0.1, 0.15) is 12.0 Å². The van der Waals surface area contributed by atoms with Gasteiger partial charge in [0.05, 0.1) is 17.8 Å². The third kappa shape index (κ3) is 2.94. The lowest BCUT2D eigenvalue weighted by Gasteiger charge is -2.10. The first-order chi connectivity index (χ1) is 13.6. The van der Waals surface area contributed by atoms with Crippen LogP contribution in [0.25, 0.3) is 22.5 Å². The minimum Gasteiger partial charge on any atom is -0.309 e. The Bertz CT molecular complexity index is 1180. The van der Waals surface area contributed by atoms with Crippen LogP contribution >= 0.6 is 0 Å². The molecule has 0 aliphatic heterocycles. The number of imidazole rings is 1. The zero-order chi connectivity index (χ0) is 19.3. The zero-order valence-corrected chi connectivity index (χ0v) is 15.2. The Labute approximate surface area is 160 Å². The summed E-state index contributed by atoms with van der Waals surface area (Å²) in [5.74, 6) is -0.407. The van der Waals surface area contributed by atoms with Crippen molar-refractivity contribution in [3.8, 4) is 16.8 Å². The Balaban J connectivity index is 1.48. The molecule has 1 saturated carbocycles. The fraction of sp³-hybridized carbons (Fsp3) is 0.190. The highest BCUT2D eigenvalue weighted by Crippen LogP contribution is 2.34. The molecule has 7 heteroatoms. The van der Waals surface area contributed by atoms with E-state index in [-0.39, 0.29) is 5.91 Å². The van der Waals surface area contributed by atoms with Gasteiger partial charge in [0, 0.05) is 18.6 Å². The van der Waals surface area contributed by atoms with Gasteiger partial charge in [0.2, 0.25) is 5.91 Å². The maximum Gasteiger partial charge on any atom is 0.231 e. The summed E-state index contributed by atoms with van der Waals surface area (Å²) in [5, 5.41) is 6.99. The Morgan fingerprint density at radius 2 is 2.11 bits per heavy atom. The van der Waals surface area contributed by atoms with E-state index >= 15 is 0 Å². The molecule has 0 spiro atoms. The number of pyridine rings is 1. The zero-order valence-electron chi connectivity index (χ0n) is 15.2. The number of carbonyl (C=O) groups is 1. The largest absolute Gasteiger partial charge is 0.309 e. The summed E-state index contributed by atoms with van der Waals surface area (Å²) in [5.41, 5.74) is 4.96. The summed E-state index contributed by atoms with van der Waals surface area (Å²) in [6, 6.07) is 12.0. The van der Waals surface area contributed by atoms with Crippen LogP contribution in [0.4, 0.5) is 10.2 Å². The quantitative estimate of drug-likeness (QED) is 0.590. The molecular formula is C21H18FN5O. The summed E-state index contributed by atoms with van der Waals surface area (Å²) >= 11 is 0. The average Bonchev–Trinajstić information content (AvgIpc) is 3.09. The van der Waals surface area contributed by atoms with E-state index in [1.807, 2.05) is 45.7 Å². The number of nitrogens with zero attached hydrogens (tertiary/aromatic N) is 4. The van der Waals surface area contributed by atoms with E-state index in [0.717, 1.165) is 22.4 Å². The van der Waals surface area contributed by atoms with E-state index < -0.39 is 12.1 Å². The molecule has 0 radical (unpaired) electrons. The second kappa shape index (κ2) is 6.30. The first-order valence-corrected chi connectivity index (χ1v) is 9.13. The number of aromatic nitrogens is 4. The lowest BCUT2D eigenvalue weighted by Crippen LogP contribution is -2.15. The van der Waals surface area contributed by atoms with Crippen LogP contribution in [0.15, 0.2) is 61.2 Å². The summed E-state index contributed by atoms with van der Waals surface area (Å²) < 4.78 is 16.7. The molecule has 0 bridgehead atoms. The Hall–Kier alpha value is -3.48. The van der Waals surface area contributed by atoms with E-state index in [0.29, 0.717) is 17.9 Å². The minimum atomic E-state index is -1.02. The number of hydrogen-bond acceptors (Lipinski definition) is 3. The predicted octanol–water partition coefficient (Wildman–Crippen LogP) is 3.79. The minimum absolute atomic E-state index is 0.301. The van der Waals surface area contributed by atoms with Crippen LogP contribution in [0.5, 0.6) is 0 Å². The second-order valence-corrected chi connectivity index (χ2v) is 7.11. The maximum atomic E-state index is 13.1. The number of alkyl halides is 1. The predicted molar refractivity (Wildman–Crippen MR) is 104 cm³/mol. The molecule has 0 saturated heterocycles. The molecular weight excluding hydrogens is 357 g/mol. The van der Waals surface area contributed by atoms with Crippen LogP contribution in [0, 0.1) is 12.8 Å². The number of amides is 1. The number of anilines is 1. The molecule has 1 amide bonds. The molecule has 0 unspecified atom stereocenters. The Morgan fingerprint density at radius 1 is 1.25 bits per heavy atom. The Kier molecular flexibility index (Phi) is 3.75. The van der Waals surface area contributed by atoms with Crippen molar-refractivity contribution >= 4 is 17.4 Å². The van der Waals surface area contributed by atoms with Crippen molar-refractivity contribution in [1.29, 1.82) is 0 Å². The topological polar surface area (TPSA) is 64.2 Å². The van der Waals surface area contributed by atoms with Gasteiger partial charge in [-0.3, -0.25) is 4.79 Å². The van der Waals surface area contributed by atoms with Gasteiger partial charge in [-0.15, -0.1) is 0 Å². The van der Waals surface area contributed by atoms with Crippen molar-refractivity contribution in [1.82, 2.24) is 19.2 Å². The molecule has 6 nitrogen and oxygen atoms in total. The van der Waals surface area contributed by atoms with E-state index in [1.54, 1.807) is 12.4 Å². The Morgan fingerprint density at radius 3 is 2.86 bits per heavy atom. The van der Waals surface area contributed by atoms with E-state index in [4.69, 9.17) is 0 Å². The third-order valence-corrected chi connectivity index (χ3v) is 5.05. The molecule has 28 heavy (non-hydrogen) atoms. The van der Waals surface area contributed by atoms with Gasteiger partial charge in [0.15, 0.2) is 5.82 Å². The van der Waals surface area contributed by atoms with E-state index in [2.05, 4.69) is 34.5 Å². The van der Waals surface area contributed by atoms with E-state index in [9.17, 15) is 9.18 Å². The fourth-order valence-corrected chi connectivity index (χ4v) is 3.35. The van der Waals surface area contributed by atoms with Gasteiger partial charge in [-0.1, -0.05) is 6.07 Å². The maximum absolute atomic E-state index is 13.1. The van der Waals surface area contributed by atoms with Crippen molar-refractivity contribution < 1.29 is 9.18 Å². The van der Waals surface area contributed by atoms with Gasteiger partial charge < -0.3 is 9.72 Å². The van der Waals surface area contributed by atoms with Crippen LogP contribution in [-0.2, 0) is 4.79 Å². The molecule has 1 fully saturated rings. The highest BCUT2D eigenvalue weighted by molar-refractivity contribution is 5.94. The lowest BCUT2D eigenvalue weighted by molar-refractivity contribution is -0.117. The van der Waals surface area contributed by atoms with Gasteiger partial charge >= 0.3 is 0 Å². The fourth-order valence-electron chi connectivity index (χ4n) is 3.35. The summed E-state index contributed by atoms with van der Waals surface area (Å²) in [6.45, 7) is 2.06. The first-order valence-electron chi connectivity index (χ1n) is 9.13. The molecule has 1 aliphatic carbocycles. The molecule has 4 aromatic rings. The summed E-state index contributed by atoms with van der Waals surface area (Å²) in [4.78, 5) is 16.3. The van der Waals surface area contributed by atoms with Crippen molar-refractivity contribution in [2.24, 2.45) is 5.92 Å². The number of aryl methyl sites for hydroxylation is 1. The van der Waals surface area contributed by atoms with Gasteiger partial charge in [0.1, 0.15) is 11.8 Å². The number of halogens is 1. The van der Waals surface area contributed by atoms with Crippen molar-refractivity contribution in [2.75, 3.05) is 5.32 Å². The lowest BCUT2D eigenvalue weighted by atomic mass is 10.0. The molecule has 1 aromatic carbocycles. The SMILES string of the molecule is Cc1ccc(-n2cccn2)cc1-c1ccc2nc(NC(=O)[C@@H]3C[C@@H]3F)cn2c1. The number of nitrogens with one attached hydrogen (secondary N) is 1. The van der Waals surface area contributed by atoms with Crippen LogP contribution in [0.3, 0.4) is 0 Å². The number of rotatable bonds is 4. The molecule has 2 atom stereocenters. The summed E-state index contributed by atoms with van der Waals surface area (Å²) in [6.07, 6.45) is 6.66. The third-order valence-electron chi connectivity index (χ3n) is 5.05. The molecule has 140 valence electrons. The molecule has 5 rings (SSSR count). The highest BCUT2D eigenvalue weighted by atomic mass is 19.1. The van der Waals surface area contributed by atoms with Gasteiger partial charge in [-0.2, -0.15) is 5.10 Å². The van der Waals surface area contributed by atoms with Crippen molar-refractivity contribution in [3.63, 3.8) is 0 Å². The number of fused-ring (bicyclic) bond motifs is 1. The van der Waals surface area contributed by atoms with Crippen molar-refractivity contribution in [2.45, 2.75) is 19.5 Å². The van der Waals surface area contributed by atoms with Crippen LogP contribution < -0.4 is 5.32 Å². The monoisotopic (exact) mass is 375 g/mol. The summed E-state index contributed by atoms with van der Waals surface area (Å²) in [7, 11) is 0. The first kappa shape index (κ1) is 16.7. The van der Waals surface area contributed by atoms with Crippen LogP contribution in [-0.4, -0.2) is 31.2 Å². The van der Waals surface area contributed by atoms with Crippen LogP contribution in [0.2, 0.25) is 0 Å². The highest BCUT2D eigenvalue weighted by Gasteiger charge is 2.43. The number of carbonyl (C=O) groups excluding carboxylic acids is 1. The smallest absolute Gasteiger partial charge is 0.231 e. The van der Waals surface area contributed by atoms with Gasteiger partial charge in [0.25, 0.3) is 0 Å². The van der Waals surface area contributed by atoms with Gasteiger partial charge in [-0.25, -0.2) is 14.1 Å². The average molecular weight is 375 g/mol. The van der Waals surface area contributed by atoms with E-state index in [1.165, 1.54) is 0 Å². The molecule has 3 aromatic heterocycles. The molecule has 3 heterocycles. The second-order valence-electron chi connectivity index (χ2n) is 7.11. The number of hydrogen-bond donors (Lipinski definition) is 1. The molecule has 1 N–H and O–H groups in total. The van der Waals surface area contributed by atoms with Crippen molar-refractivity contribution in [3.05, 3.63) is 66.7 Å². The normalized spacial score (nSPS) is 18.4.